The van der Waals surface area contributed by atoms with Gasteiger partial charge in [0.05, 0.1) is 23.0 Å². The van der Waals surface area contributed by atoms with Crippen molar-refractivity contribution in [3.8, 4) is 5.75 Å². The van der Waals surface area contributed by atoms with Gasteiger partial charge in [-0.15, -0.1) is 0 Å². The smallest absolute Gasteiger partial charge is 0.339 e. The molecule has 1 saturated heterocycles. The van der Waals surface area contributed by atoms with Crippen molar-refractivity contribution in [1.29, 1.82) is 0 Å². The van der Waals surface area contributed by atoms with Gasteiger partial charge in [0.25, 0.3) is 0 Å². The van der Waals surface area contributed by atoms with Crippen LogP contribution in [0.4, 0.5) is 0 Å². The van der Waals surface area contributed by atoms with E-state index in [4.69, 9.17) is 4.74 Å². The fourth-order valence-corrected chi connectivity index (χ4v) is 5.82. The summed E-state index contributed by atoms with van der Waals surface area (Å²) in [5, 5.41) is 9.23. The van der Waals surface area contributed by atoms with Crippen molar-refractivity contribution in [2.45, 2.75) is 24.3 Å². The van der Waals surface area contributed by atoms with Crippen LogP contribution < -0.4 is 4.74 Å². The predicted molar refractivity (Wildman–Crippen MR) is 86.6 cm³/mol. The lowest BCUT2D eigenvalue weighted by Gasteiger charge is -2.23. The average Bonchev–Trinajstić information content (AvgIpc) is 2.86. The molecule has 1 fully saturated rings. The zero-order valence-corrected chi connectivity index (χ0v) is 14.9. The molecule has 0 radical (unpaired) electrons. The third kappa shape index (κ3) is 3.70. The third-order valence-electron chi connectivity index (χ3n) is 3.88. The van der Waals surface area contributed by atoms with Gasteiger partial charge in [0.2, 0.25) is 10.0 Å². The van der Waals surface area contributed by atoms with Crippen LogP contribution in [-0.4, -0.2) is 63.4 Å². The Balaban J connectivity index is 2.39. The number of benzene rings is 1. The highest BCUT2D eigenvalue weighted by molar-refractivity contribution is 7.92. The fraction of sp³-hybridized carbons (Fsp3) is 0.500. The van der Waals surface area contributed by atoms with Gasteiger partial charge in [0.15, 0.2) is 9.84 Å². The Morgan fingerprint density at radius 3 is 2.58 bits per heavy atom. The molecule has 10 heteroatoms. The quantitative estimate of drug-likeness (QED) is 0.771. The lowest BCUT2D eigenvalue weighted by molar-refractivity contribution is 0.0692. The maximum atomic E-state index is 12.7. The molecular formula is C14H19NO7S2. The first-order valence-corrected chi connectivity index (χ1v) is 10.5. The molecule has 0 aromatic heterocycles. The highest BCUT2D eigenvalue weighted by atomic mass is 32.2. The van der Waals surface area contributed by atoms with Crippen molar-refractivity contribution in [3.63, 3.8) is 0 Å². The van der Waals surface area contributed by atoms with Crippen molar-refractivity contribution in [2.75, 3.05) is 25.2 Å². The topological polar surface area (TPSA) is 118 Å². The Labute approximate surface area is 141 Å². The summed E-state index contributed by atoms with van der Waals surface area (Å²) < 4.78 is 54.6. The number of aromatic carboxylic acids is 1. The summed E-state index contributed by atoms with van der Waals surface area (Å²) in [6.45, 7) is 1.93. The molecule has 1 unspecified atom stereocenters. The Kier molecular flexibility index (Phi) is 5.21. The number of sulfone groups is 1. The third-order valence-corrected chi connectivity index (χ3v) is 7.54. The van der Waals surface area contributed by atoms with Gasteiger partial charge in [-0.25, -0.2) is 21.6 Å². The van der Waals surface area contributed by atoms with Gasteiger partial charge < -0.3 is 9.84 Å². The lowest BCUT2D eigenvalue weighted by atomic mass is 10.2. The van der Waals surface area contributed by atoms with Crippen LogP contribution in [-0.2, 0) is 19.9 Å². The summed E-state index contributed by atoms with van der Waals surface area (Å²) >= 11 is 0. The van der Waals surface area contributed by atoms with Crippen LogP contribution in [0.2, 0.25) is 0 Å². The number of ether oxygens (including phenoxy) is 1. The largest absolute Gasteiger partial charge is 0.493 e. The molecule has 0 amide bonds. The number of hydrogen-bond donors (Lipinski definition) is 1. The Bertz CT molecular complexity index is 846. The molecule has 8 nitrogen and oxygen atoms in total. The average molecular weight is 377 g/mol. The number of rotatable bonds is 6. The molecule has 2 rings (SSSR count). The summed E-state index contributed by atoms with van der Waals surface area (Å²) in [5.41, 5.74) is -0.259. The first-order valence-electron chi connectivity index (χ1n) is 7.27. The van der Waals surface area contributed by atoms with Gasteiger partial charge in [0.1, 0.15) is 11.3 Å². The molecule has 1 aliphatic heterocycles. The second kappa shape index (κ2) is 6.69. The van der Waals surface area contributed by atoms with Crippen molar-refractivity contribution in [2.24, 2.45) is 0 Å². The van der Waals surface area contributed by atoms with E-state index in [0.29, 0.717) is 0 Å². The van der Waals surface area contributed by atoms with Crippen molar-refractivity contribution >= 4 is 25.8 Å². The highest BCUT2D eigenvalue weighted by Crippen LogP contribution is 2.27. The first-order chi connectivity index (χ1) is 11.1. The van der Waals surface area contributed by atoms with Gasteiger partial charge in [-0.2, -0.15) is 4.31 Å². The van der Waals surface area contributed by atoms with E-state index in [9.17, 15) is 26.7 Å². The summed E-state index contributed by atoms with van der Waals surface area (Å²) in [6.07, 6.45) is 0.223. The minimum absolute atomic E-state index is 0.0544. The van der Waals surface area contributed by atoms with Gasteiger partial charge in [0, 0.05) is 13.1 Å². The van der Waals surface area contributed by atoms with E-state index >= 15 is 0 Å². The van der Waals surface area contributed by atoms with Gasteiger partial charge >= 0.3 is 5.97 Å². The molecular weight excluding hydrogens is 358 g/mol. The van der Waals surface area contributed by atoms with E-state index < -0.39 is 31.9 Å². The van der Waals surface area contributed by atoms with Crippen LogP contribution in [0.5, 0.6) is 5.75 Å². The second-order valence-electron chi connectivity index (χ2n) is 5.47. The molecule has 24 heavy (non-hydrogen) atoms. The lowest BCUT2D eigenvalue weighted by Crippen LogP contribution is -2.37. The van der Waals surface area contributed by atoms with Crippen LogP contribution in [0.25, 0.3) is 0 Å². The van der Waals surface area contributed by atoms with E-state index in [-0.39, 0.29) is 40.7 Å². The minimum Gasteiger partial charge on any atom is -0.493 e. The SMILES string of the molecule is CCOc1ccc(S(=O)(=O)N(C)C2CCS(=O)(=O)C2)cc1C(=O)O. The number of hydrogen-bond acceptors (Lipinski definition) is 6. The molecule has 1 N–H and O–H groups in total. The molecule has 1 atom stereocenters. The zero-order chi connectivity index (χ0) is 18.1. The summed E-state index contributed by atoms with van der Waals surface area (Å²) in [4.78, 5) is 11.1. The van der Waals surface area contributed by atoms with Crippen molar-refractivity contribution in [1.82, 2.24) is 4.31 Å². The van der Waals surface area contributed by atoms with Crippen molar-refractivity contribution in [3.05, 3.63) is 23.8 Å². The molecule has 1 aromatic rings. The molecule has 1 aliphatic rings. The maximum absolute atomic E-state index is 12.7. The van der Waals surface area contributed by atoms with Crippen LogP contribution in [0, 0.1) is 0 Å². The normalized spacial score (nSPS) is 20.2. The number of carboxylic acid groups (broad SMARTS) is 1. The fourth-order valence-electron chi connectivity index (χ4n) is 2.54. The van der Waals surface area contributed by atoms with Gasteiger partial charge in [-0.1, -0.05) is 0 Å². The standard InChI is InChI=1S/C14H19NO7S2/c1-3-22-13-5-4-11(8-12(13)14(16)17)24(20,21)15(2)10-6-7-23(18,19)9-10/h4-5,8,10H,3,6-7,9H2,1-2H3,(H,16,17). The molecule has 0 bridgehead atoms. The molecule has 0 spiro atoms. The van der Waals surface area contributed by atoms with Gasteiger partial charge in [-0.05, 0) is 31.5 Å². The van der Waals surface area contributed by atoms with Crippen LogP contribution in [0.3, 0.4) is 0 Å². The Morgan fingerprint density at radius 1 is 1.42 bits per heavy atom. The Hall–Kier alpha value is -1.65. The number of carbonyl (C=O) groups is 1. The highest BCUT2D eigenvalue weighted by Gasteiger charge is 2.36. The van der Waals surface area contributed by atoms with Crippen LogP contribution in [0.1, 0.15) is 23.7 Å². The number of nitrogens with zero attached hydrogens (tertiary/aromatic N) is 1. The minimum atomic E-state index is -4.01. The predicted octanol–water partition coefficient (Wildman–Crippen LogP) is 0.591. The maximum Gasteiger partial charge on any atom is 0.339 e. The number of carboxylic acids is 1. The molecule has 1 aromatic carbocycles. The molecule has 1 heterocycles. The summed E-state index contributed by atoms with van der Waals surface area (Å²) in [6, 6.07) is 2.92. The van der Waals surface area contributed by atoms with Crippen LogP contribution >= 0.6 is 0 Å². The van der Waals surface area contributed by atoms with Crippen LogP contribution in [0.15, 0.2) is 23.1 Å². The van der Waals surface area contributed by atoms with E-state index in [2.05, 4.69) is 0 Å². The first kappa shape index (κ1) is 18.7. The summed E-state index contributed by atoms with van der Waals surface area (Å²) in [7, 11) is -5.95. The molecule has 0 saturated carbocycles. The zero-order valence-electron chi connectivity index (χ0n) is 13.3. The van der Waals surface area contributed by atoms with E-state index in [1.807, 2.05) is 0 Å². The summed E-state index contributed by atoms with van der Waals surface area (Å²) in [5.74, 6) is -1.51. The van der Waals surface area contributed by atoms with E-state index in [1.165, 1.54) is 19.2 Å². The number of sulfonamides is 1. The second-order valence-corrected chi connectivity index (χ2v) is 9.70. The van der Waals surface area contributed by atoms with E-state index in [0.717, 1.165) is 10.4 Å². The molecule has 134 valence electrons. The Morgan fingerprint density at radius 2 is 2.08 bits per heavy atom. The van der Waals surface area contributed by atoms with Crippen molar-refractivity contribution < 1.29 is 31.5 Å². The van der Waals surface area contributed by atoms with Gasteiger partial charge in [-0.3, -0.25) is 0 Å². The van der Waals surface area contributed by atoms with E-state index in [1.54, 1.807) is 6.92 Å². The molecule has 0 aliphatic carbocycles. The monoisotopic (exact) mass is 377 g/mol.